The molecule has 0 radical (unpaired) electrons. The summed E-state index contributed by atoms with van der Waals surface area (Å²) >= 11 is 0. The molecular formula is C18H31N5O3. The molecule has 8 heteroatoms. The second kappa shape index (κ2) is 8.83. The first-order valence-corrected chi connectivity index (χ1v) is 9.58. The van der Waals surface area contributed by atoms with Crippen LogP contribution in [-0.2, 0) is 14.3 Å². The van der Waals surface area contributed by atoms with Crippen molar-refractivity contribution in [3.63, 3.8) is 0 Å². The number of morpholine rings is 1. The minimum absolute atomic E-state index is 0.0549. The molecule has 0 aromatic carbocycles. The van der Waals surface area contributed by atoms with E-state index in [0.717, 1.165) is 37.9 Å². The van der Waals surface area contributed by atoms with Gasteiger partial charge in [0.05, 0.1) is 25.5 Å². The van der Waals surface area contributed by atoms with Crippen molar-refractivity contribution in [3.8, 4) is 0 Å². The quantitative estimate of drug-likeness (QED) is 0.558. The molecule has 0 spiro atoms. The molecule has 3 rings (SSSR count). The zero-order chi connectivity index (χ0) is 18.5. The van der Waals surface area contributed by atoms with Crippen LogP contribution >= 0.6 is 0 Å². The molecular weight excluding hydrogens is 334 g/mol. The highest BCUT2D eigenvalue weighted by atomic mass is 16.5. The van der Waals surface area contributed by atoms with Crippen LogP contribution in [0, 0.1) is 0 Å². The van der Waals surface area contributed by atoms with Gasteiger partial charge in [0.2, 0.25) is 0 Å². The summed E-state index contributed by atoms with van der Waals surface area (Å²) in [6.45, 7) is 4.61. The number of carbonyl (C=O) groups is 1. The first-order valence-electron chi connectivity index (χ1n) is 9.58. The highest BCUT2D eigenvalue weighted by Crippen LogP contribution is 2.31. The lowest BCUT2D eigenvalue weighted by Gasteiger charge is -2.35. The molecule has 2 aliphatic heterocycles. The molecule has 2 heterocycles. The Morgan fingerprint density at radius 2 is 2.35 bits per heavy atom. The average molecular weight is 365 g/mol. The highest BCUT2D eigenvalue weighted by molar-refractivity contribution is 6.02. The van der Waals surface area contributed by atoms with Crippen molar-refractivity contribution in [1.82, 2.24) is 15.5 Å². The standard InChI is InChI=1S/C18H31N5O3/c1-12(14-10-17(25-2)22-16(21-14)4-3-7-19)23(13-5-6-13)18(24)15-11-20-8-9-26-15/h10,12-13,15-16,20,22H,3-9,11,19H2,1-2H3/t12-,15-,16?/m1/s1. The monoisotopic (exact) mass is 365 g/mol. The van der Waals surface area contributed by atoms with Crippen LogP contribution in [0.25, 0.3) is 0 Å². The molecule has 0 aromatic rings. The number of aliphatic imine (C=N–C) groups is 1. The summed E-state index contributed by atoms with van der Waals surface area (Å²) in [5, 5.41) is 6.50. The van der Waals surface area contributed by atoms with Gasteiger partial charge in [0, 0.05) is 25.2 Å². The largest absolute Gasteiger partial charge is 0.482 e. The van der Waals surface area contributed by atoms with Crippen LogP contribution in [0.4, 0.5) is 0 Å². The first-order chi connectivity index (χ1) is 12.6. The minimum Gasteiger partial charge on any atom is -0.482 e. The molecule has 2 fully saturated rings. The molecule has 0 bridgehead atoms. The maximum Gasteiger partial charge on any atom is 0.253 e. The molecule has 3 atom stereocenters. The van der Waals surface area contributed by atoms with Gasteiger partial charge in [0.15, 0.2) is 5.88 Å². The third kappa shape index (κ3) is 4.55. The maximum absolute atomic E-state index is 13.1. The Balaban J connectivity index is 1.76. The third-order valence-electron chi connectivity index (χ3n) is 5.04. The van der Waals surface area contributed by atoms with Gasteiger partial charge in [-0.05, 0) is 39.2 Å². The molecule has 4 N–H and O–H groups in total. The predicted molar refractivity (Wildman–Crippen MR) is 99.7 cm³/mol. The van der Waals surface area contributed by atoms with Gasteiger partial charge >= 0.3 is 0 Å². The second-order valence-electron chi connectivity index (χ2n) is 7.07. The van der Waals surface area contributed by atoms with Gasteiger partial charge in [-0.1, -0.05) is 0 Å². The molecule has 26 heavy (non-hydrogen) atoms. The number of ether oxygens (including phenoxy) is 2. The molecule has 146 valence electrons. The number of nitrogens with two attached hydrogens (primary N) is 1. The summed E-state index contributed by atoms with van der Waals surface area (Å²) in [6, 6.07) is 0.163. The van der Waals surface area contributed by atoms with Gasteiger partial charge in [-0.2, -0.15) is 0 Å². The van der Waals surface area contributed by atoms with Crippen molar-refractivity contribution in [2.75, 3.05) is 33.4 Å². The van der Waals surface area contributed by atoms with Crippen LogP contribution in [0.5, 0.6) is 0 Å². The van der Waals surface area contributed by atoms with E-state index in [1.807, 2.05) is 17.9 Å². The molecule has 8 nitrogen and oxygen atoms in total. The SMILES string of the molecule is COC1=CC([C@@H](C)N(C(=O)[C@H]2CNCCO2)C2CC2)=NC(CCCN)N1. The molecule has 1 amide bonds. The number of carbonyl (C=O) groups excluding carboxylic acids is 1. The van der Waals surface area contributed by atoms with E-state index in [2.05, 4.69) is 10.6 Å². The van der Waals surface area contributed by atoms with E-state index < -0.39 is 6.10 Å². The van der Waals surface area contributed by atoms with Crippen LogP contribution in [0.2, 0.25) is 0 Å². The van der Waals surface area contributed by atoms with Crippen LogP contribution < -0.4 is 16.4 Å². The number of hydrogen-bond donors (Lipinski definition) is 3. The van der Waals surface area contributed by atoms with E-state index in [4.69, 9.17) is 20.2 Å². The van der Waals surface area contributed by atoms with Crippen LogP contribution in [0.1, 0.15) is 32.6 Å². The Morgan fingerprint density at radius 1 is 1.54 bits per heavy atom. The number of hydrogen-bond acceptors (Lipinski definition) is 7. The summed E-state index contributed by atoms with van der Waals surface area (Å²) < 4.78 is 11.1. The Morgan fingerprint density at radius 3 is 2.96 bits per heavy atom. The van der Waals surface area contributed by atoms with Crippen molar-refractivity contribution in [2.45, 2.75) is 57.0 Å². The van der Waals surface area contributed by atoms with Crippen molar-refractivity contribution in [1.29, 1.82) is 0 Å². The van der Waals surface area contributed by atoms with E-state index in [9.17, 15) is 4.79 Å². The number of nitrogens with one attached hydrogen (secondary N) is 2. The fourth-order valence-electron chi connectivity index (χ4n) is 3.46. The van der Waals surface area contributed by atoms with Crippen molar-refractivity contribution in [3.05, 3.63) is 12.0 Å². The molecule has 1 unspecified atom stereocenters. The van der Waals surface area contributed by atoms with E-state index in [1.165, 1.54) is 0 Å². The highest BCUT2D eigenvalue weighted by Gasteiger charge is 2.41. The fraction of sp³-hybridized carbons (Fsp3) is 0.778. The zero-order valence-corrected chi connectivity index (χ0v) is 15.7. The van der Waals surface area contributed by atoms with E-state index >= 15 is 0 Å². The van der Waals surface area contributed by atoms with E-state index in [1.54, 1.807) is 7.11 Å². The lowest BCUT2D eigenvalue weighted by atomic mass is 10.1. The molecule has 3 aliphatic rings. The lowest BCUT2D eigenvalue weighted by molar-refractivity contribution is -0.146. The van der Waals surface area contributed by atoms with Gasteiger partial charge in [-0.15, -0.1) is 0 Å². The minimum atomic E-state index is -0.409. The summed E-state index contributed by atoms with van der Waals surface area (Å²) in [5.41, 5.74) is 6.50. The summed E-state index contributed by atoms with van der Waals surface area (Å²) in [7, 11) is 1.64. The Bertz CT molecular complexity index is 555. The normalized spacial score (nSPS) is 27.0. The topological polar surface area (TPSA) is 101 Å². The van der Waals surface area contributed by atoms with Crippen LogP contribution in [0.15, 0.2) is 17.0 Å². The van der Waals surface area contributed by atoms with Gasteiger partial charge in [0.25, 0.3) is 5.91 Å². The molecule has 1 saturated heterocycles. The fourth-order valence-corrected chi connectivity index (χ4v) is 3.46. The Labute approximate surface area is 155 Å². The molecule has 1 aliphatic carbocycles. The number of rotatable bonds is 8. The predicted octanol–water partition coefficient (Wildman–Crippen LogP) is -0.0487. The van der Waals surface area contributed by atoms with Crippen LogP contribution in [0.3, 0.4) is 0 Å². The van der Waals surface area contributed by atoms with Gasteiger partial charge in [0.1, 0.15) is 12.3 Å². The van der Waals surface area contributed by atoms with E-state index in [0.29, 0.717) is 25.6 Å². The van der Waals surface area contributed by atoms with Gasteiger partial charge in [-0.25, -0.2) is 0 Å². The molecule has 1 saturated carbocycles. The summed E-state index contributed by atoms with van der Waals surface area (Å²) in [4.78, 5) is 19.9. The average Bonchev–Trinajstić information content (AvgIpc) is 3.51. The van der Waals surface area contributed by atoms with Crippen molar-refractivity contribution >= 4 is 11.6 Å². The van der Waals surface area contributed by atoms with E-state index in [-0.39, 0.29) is 24.2 Å². The number of nitrogens with zero attached hydrogens (tertiary/aromatic N) is 2. The Hall–Kier alpha value is -1.64. The maximum atomic E-state index is 13.1. The smallest absolute Gasteiger partial charge is 0.253 e. The third-order valence-corrected chi connectivity index (χ3v) is 5.04. The van der Waals surface area contributed by atoms with Crippen molar-refractivity contribution < 1.29 is 14.3 Å². The molecule has 0 aromatic heterocycles. The van der Waals surface area contributed by atoms with Gasteiger partial charge in [-0.3, -0.25) is 9.79 Å². The summed E-state index contributed by atoms with van der Waals surface area (Å²) in [6.07, 6.45) is 5.21. The first kappa shape index (κ1) is 19.1. The Kier molecular flexibility index (Phi) is 6.50. The number of amides is 1. The second-order valence-corrected chi connectivity index (χ2v) is 7.07. The van der Waals surface area contributed by atoms with Gasteiger partial charge < -0.3 is 30.7 Å². The summed E-state index contributed by atoms with van der Waals surface area (Å²) in [5.74, 6) is 0.738. The zero-order valence-electron chi connectivity index (χ0n) is 15.7. The number of methoxy groups -OCH3 is 1. The van der Waals surface area contributed by atoms with Crippen LogP contribution in [-0.4, -0.2) is 74.2 Å². The van der Waals surface area contributed by atoms with Crippen molar-refractivity contribution in [2.24, 2.45) is 10.7 Å². The lowest BCUT2D eigenvalue weighted by Crippen LogP contribution is -2.54.